The minimum absolute atomic E-state index is 0.255. The maximum Gasteiger partial charge on any atom is 0.125 e. The molecule has 20 heavy (non-hydrogen) atoms. The molecule has 0 amide bonds. The number of nitrogens with one attached hydrogen (secondary N) is 1. The lowest BCUT2D eigenvalue weighted by Crippen LogP contribution is -2.44. The van der Waals surface area contributed by atoms with Gasteiger partial charge in [0.2, 0.25) is 0 Å². The first-order valence-electron chi connectivity index (χ1n) is 7.79. The van der Waals surface area contributed by atoms with Gasteiger partial charge in [-0.15, -0.1) is 0 Å². The summed E-state index contributed by atoms with van der Waals surface area (Å²) in [6.07, 6.45) is 3.26. The van der Waals surface area contributed by atoms with Crippen molar-refractivity contribution in [3.05, 3.63) is 29.8 Å². The van der Waals surface area contributed by atoms with Crippen molar-refractivity contribution in [1.82, 2.24) is 5.32 Å². The zero-order valence-electron chi connectivity index (χ0n) is 12.9. The van der Waals surface area contributed by atoms with Crippen LogP contribution in [-0.4, -0.2) is 25.8 Å². The van der Waals surface area contributed by atoms with Crippen molar-refractivity contribution in [2.24, 2.45) is 0 Å². The molecule has 1 aromatic rings. The van der Waals surface area contributed by atoms with Gasteiger partial charge in [-0.1, -0.05) is 25.1 Å². The van der Waals surface area contributed by atoms with E-state index in [2.05, 4.69) is 31.3 Å². The first-order chi connectivity index (χ1) is 9.69. The van der Waals surface area contributed by atoms with Crippen molar-refractivity contribution in [2.75, 3.05) is 19.8 Å². The summed E-state index contributed by atoms with van der Waals surface area (Å²) < 4.78 is 11.9. The molecule has 0 spiro atoms. The lowest BCUT2D eigenvalue weighted by atomic mass is 9.85. The molecule has 1 aromatic carbocycles. The monoisotopic (exact) mass is 277 g/mol. The van der Waals surface area contributed by atoms with E-state index in [0.29, 0.717) is 12.6 Å². The van der Waals surface area contributed by atoms with Crippen LogP contribution in [0.5, 0.6) is 5.75 Å². The van der Waals surface area contributed by atoms with Gasteiger partial charge in [0.25, 0.3) is 0 Å². The molecule has 1 heterocycles. The normalized spacial score (nSPS) is 26.4. The van der Waals surface area contributed by atoms with Crippen LogP contribution in [0.4, 0.5) is 0 Å². The van der Waals surface area contributed by atoms with Gasteiger partial charge in [0.05, 0.1) is 12.2 Å². The van der Waals surface area contributed by atoms with Crippen molar-refractivity contribution < 1.29 is 9.47 Å². The molecule has 1 fully saturated rings. The van der Waals surface area contributed by atoms with Crippen LogP contribution in [-0.2, 0) is 10.3 Å². The molecule has 3 nitrogen and oxygen atoms in total. The first-order valence-corrected chi connectivity index (χ1v) is 7.79. The Labute approximate surface area is 122 Å². The third-order valence-corrected chi connectivity index (χ3v) is 3.96. The fourth-order valence-corrected chi connectivity index (χ4v) is 2.95. The van der Waals surface area contributed by atoms with Crippen molar-refractivity contribution in [2.45, 2.75) is 51.7 Å². The van der Waals surface area contributed by atoms with Crippen LogP contribution < -0.4 is 10.1 Å². The third-order valence-electron chi connectivity index (χ3n) is 3.96. The summed E-state index contributed by atoms with van der Waals surface area (Å²) in [6.45, 7) is 8.98. The van der Waals surface area contributed by atoms with Crippen molar-refractivity contribution >= 4 is 0 Å². The maximum atomic E-state index is 6.13. The average molecular weight is 277 g/mol. The quantitative estimate of drug-likeness (QED) is 0.863. The standard InChI is InChI=1S/C17H27NO2/c1-4-11-18-14-10-12-20-17(3,13-14)15-8-6-7-9-16(15)19-5-2/h6-9,14,18H,4-5,10-13H2,1-3H3. The van der Waals surface area contributed by atoms with Crippen molar-refractivity contribution in [3.8, 4) is 5.75 Å². The molecule has 0 aromatic heterocycles. The van der Waals surface area contributed by atoms with Gasteiger partial charge in [0.15, 0.2) is 0 Å². The molecule has 112 valence electrons. The summed E-state index contributed by atoms with van der Waals surface area (Å²) >= 11 is 0. The van der Waals surface area contributed by atoms with E-state index in [1.165, 1.54) is 12.0 Å². The second kappa shape index (κ2) is 7.09. The Morgan fingerprint density at radius 1 is 1.35 bits per heavy atom. The van der Waals surface area contributed by atoms with Gasteiger partial charge in [-0.3, -0.25) is 0 Å². The van der Waals surface area contributed by atoms with E-state index in [1.807, 2.05) is 19.1 Å². The zero-order chi connectivity index (χ0) is 14.4. The van der Waals surface area contributed by atoms with Gasteiger partial charge in [-0.2, -0.15) is 0 Å². The van der Waals surface area contributed by atoms with Crippen molar-refractivity contribution in [1.29, 1.82) is 0 Å². The molecule has 0 radical (unpaired) electrons. The van der Waals surface area contributed by atoms with E-state index in [0.717, 1.165) is 31.7 Å². The summed E-state index contributed by atoms with van der Waals surface area (Å²) in [4.78, 5) is 0. The smallest absolute Gasteiger partial charge is 0.125 e. The minimum atomic E-state index is -0.255. The number of rotatable bonds is 6. The lowest BCUT2D eigenvalue weighted by molar-refractivity contribution is -0.0824. The molecule has 1 N–H and O–H groups in total. The van der Waals surface area contributed by atoms with E-state index in [-0.39, 0.29) is 5.60 Å². The molecular weight excluding hydrogens is 250 g/mol. The average Bonchev–Trinajstić information content (AvgIpc) is 2.46. The Morgan fingerprint density at radius 2 is 2.15 bits per heavy atom. The highest BCUT2D eigenvalue weighted by atomic mass is 16.5. The second-order valence-corrected chi connectivity index (χ2v) is 5.65. The zero-order valence-corrected chi connectivity index (χ0v) is 12.9. The summed E-state index contributed by atoms with van der Waals surface area (Å²) in [5.41, 5.74) is 0.917. The number of benzene rings is 1. The first kappa shape index (κ1) is 15.3. The van der Waals surface area contributed by atoms with Gasteiger partial charge in [-0.25, -0.2) is 0 Å². The Bertz CT molecular complexity index is 421. The van der Waals surface area contributed by atoms with Gasteiger partial charge >= 0.3 is 0 Å². The largest absolute Gasteiger partial charge is 0.493 e. The maximum absolute atomic E-state index is 6.13. The lowest BCUT2D eigenvalue weighted by Gasteiger charge is -2.39. The molecule has 2 rings (SSSR count). The number of hydrogen-bond donors (Lipinski definition) is 1. The van der Waals surface area contributed by atoms with E-state index < -0.39 is 0 Å². The van der Waals surface area contributed by atoms with Crippen LogP contribution >= 0.6 is 0 Å². The summed E-state index contributed by atoms with van der Waals surface area (Å²) in [5.74, 6) is 0.952. The molecule has 3 heteroatoms. The van der Waals surface area contributed by atoms with Crippen LogP contribution in [0, 0.1) is 0 Å². The predicted octanol–water partition coefficient (Wildman–Crippen LogP) is 3.48. The SMILES string of the molecule is CCCNC1CCOC(C)(c2ccccc2OCC)C1. The molecule has 0 saturated carbocycles. The Morgan fingerprint density at radius 3 is 2.90 bits per heavy atom. The highest BCUT2D eigenvalue weighted by molar-refractivity contribution is 5.38. The van der Waals surface area contributed by atoms with Crippen LogP contribution in [0.2, 0.25) is 0 Å². The van der Waals surface area contributed by atoms with E-state index in [1.54, 1.807) is 0 Å². The van der Waals surface area contributed by atoms with Gasteiger partial charge in [0.1, 0.15) is 5.75 Å². The molecule has 0 aliphatic carbocycles. The minimum Gasteiger partial charge on any atom is -0.493 e. The second-order valence-electron chi connectivity index (χ2n) is 5.65. The topological polar surface area (TPSA) is 30.5 Å². The van der Waals surface area contributed by atoms with E-state index >= 15 is 0 Å². The van der Waals surface area contributed by atoms with Crippen LogP contribution in [0.3, 0.4) is 0 Å². The van der Waals surface area contributed by atoms with Crippen LogP contribution in [0.25, 0.3) is 0 Å². The highest BCUT2D eigenvalue weighted by Gasteiger charge is 2.36. The van der Waals surface area contributed by atoms with Crippen molar-refractivity contribution in [3.63, 3.8) is 0 Å². The molecular formula is C17H27NO2. The number of hydrogen-bond acceptors (Lipinski definition) is 3. The van der Waals surface area contributed by atoms with Gasteiger partial charge in [0, 0.05) is 18.2 Å². The Hall–Kier alpha value is -1.06. The van der Waals surface area contributed by atoms with E-state index in [4.69, 9.17) is 9.47 Å². The van der Waals surface area contributed by atoms with Gasteiger partial charge < -0.3 is 14.8 Å². The summed E-state index contributed by atoms with van der Waals surface area (Å²) in [7, 11) is 0. The highest BCUT2D eigenvalue weighted by Crippen LogP contribution is 2.39. The number of para-hydroxylation sites is 1. The summed E-state index contributed by atoms with van der Waals surface area (Å²) in [5, 5.41) is 3.63. The third kappa shape index (κ3) is 3.53. The van der Waals surface area contributed by atoms with Crippen LogP contribution in [0.15, 0.2) is 24.3 Å². The molecule has 2 unspecified atom stereocenters. The van der Waals surface area contributed by atoms with E-state index in [9.17, 15) is 0 Å². The Kier molecular flexibility index (Phi) is 5.44. The van der Waals surface area contributed by atoms with Gasteiger partial charge in [-0.05, 0) is 45.7 Å². The molecule has 1 aliphatic heterocycles. The summed E-state index contributed by atoms with van der Waals surface area (Å²) in [6, 6.07) is 8.79. The molecule has 2 atom stereocenters. The molecule has 1 saturated heterocycles. The molecule has 0 bridgehead atoms. The van der Waals surface area contributed by atoms with Crippen LogP contribution in [0.1, 0.15) is 45.6 Å². The Balaban J connectivity index is 2.16. The number of ether oxygens (including phenoxy) is 2. The predicted molar refractivity (Wildman–Crippen MR) is 82.2 cm³/mol. The fourth-order valence-electron chi connectivity index (χ4n) is 2.95. The fraction of sp³-hybridized carbons (Fsp3) is 0.647. The molecule has 1 aliphatic rings.